The van der Waals surface area contributed by atoms with Gasteiger partial charge in [-0.3, -0.25) is 0 Å². The van der Waals surface area contributed by atoms with Crippen LogP contribution in [0.2, 0.25) is 0 Å². The van der Waals surface area contributed by atoms with Crippen LogP contribution < -0.4 is 15.0 Å². The first kappa shape index (κ1) is 14.8. The molecule has 0 aromatic heterocycles. The zero-order valence-electron chi connectivity index (χ0n) is 11.8. The lowest BCUT2D eigenvalue weighted by Gasteiger charge is -2.18. The Labute approximate surface area is 109 Å². The van der Waals surface area contributed by atoms with Crippen molar-refractivity contribution in [1.82, 2.24) is 5.48 Å². The van der Waals surface area contributed by atoms with Crippen LogP contribution in [-0.4, -0.2) is 20.8 Å². The van der Waals surface area contributed by atoms with Gasteiger partial charge in [0.25, 0.3) is 0 Å². The molecule has 0 aliphatic heterocycles. The van der Waals surface area contributed by atoms with E-state index >= 15 is 0 Å². The summed E-state index contributed by atoms with van der Waals surface area (Å²) < 4.78 is 10.6. The highest BCUT2D eigenvalue weighted by molar-refractivity contribution is 5.41. The second kappa shape index (κ2) is 7.24. The van der Waals surface area contributed by atoms with Crippen LogP contribution in [0.5, 0.6) is 11.5 Å². The Hall–Kier alpha value is -1.26. The smallest absolute Gasteiger partial charge is 0.123 e. The molecule has 0 bridgehead atoms. The quantitative estimate of drug-likeness (QED) is 0.758. The molecule has 0 aliphatic carbocycles. The summed E-state index contributed by atoms with van der Waals surface area (Å²) in [6, 6.07) is 5.77. The Balaban J connectivity index is 2.72. The third-order valence-corrected chi connectivity index (χ3v) is 2.58. The van der Waals surface area contributed by atoms with Crippen LogP contribution in [0.15, 0.2) is 18.2 Å². The monoisotopic (exact) mass is 253 g/mol. The molecule has 0 amide bonds. The van der Waals surface area contributed by atoms with Crippen LogP contribution in [0.4, 0.5) is 0 Å². The summed E-state index contributed by atoms with van der Waals surface area (Å²) in [6.45, 7) is 6.92. The lowest BCUT2D eigenvalue weighted by Crippen LogP contribution is -2.22. The van der Waals surface area contributed by atoms with Gasteiger partial charge in [-0.25, -0.2) is 0 Å². The molecule has 1 N–H and O–H groups in total. The van der Waals surface area contributed by atoms with Crippen molar-refractivity contribution in [2.75, 3.05) is 20.8 Å². The molecule has 102 valence electrons. The normalized spacial score (nSPS) is 12.6. The average molecular weight is 253 g/mol. The highest BCUT2D eigenvalue weighted by atomic mass is 16.6. The molecule has 4 heteroatoms. The molecule has 1 aromatic carbocycles. The molecule has 0 radical (unpaired) electrons. The molecule has 0 saturated carbocycles. The maximum atomic E-state index is 5.44. The number of ether oxygens (including phenoxy) is 2. The topological polar surface area (TPSA) is 39.7 Å². The van der Waals surface area contributed by atoms with E-state index in [0.29, 0.717) is 12.5 Å². The van der Waals surface area contributed by atoms with Gasteiger partial charge in [0.2, 0.25) is 0 Å². The molecule has 4 nitrogen and oxygen atoms in total. The highest BCUT2D eigenvalue weighted by Crippen LogP contribution is 2.29. The van der Waals surface area contributed by atoms with E-state index in [4.69, 9.17) is 14.3 Å². The molecule has 1 unspecified atom stereocenters. The third kappa shape index (κ3) is 4.20. The molecular formula is C14H23NO3. The van der Waals surface area contributed by atoms with Crippen LogP contribution in [0.1, 0.15) is 32.4 Å². The van der Waals surface area contributed by atoms with Crippen molar-refractivity contribution in [1.29, 1.82) is 0 Å². The van der Waals surface area contributed by atoms with Gasteiger partial charge in [0.15, 0.2) is 0 Å². The predicted molar refractivity (Wildman–Crippen MR) is 71.9 cm³/mol. The van der Waals surface area contributed by atoms with Gasteiger partial charge in [-0.15, -0.1) is 0 Å². The first-order chi connectivity index (χ1) is 8.58. The summed E-state index contributed by atoms with van der Waals surface area (Å²) in [5.41, 5.74) is 4.04. The van der Waals surface area contributed by atoms with Gasteiger partial charge in [0.05, 0.1) is 26.9 Å². The van der Waals surface area contributed by atoms with Crippen LogP contribution >= 0.6 is 0 Å². The van der Waals surface area contributed by atoms with Crippen molar-refractivity contribution < 1.29 is 14.3 Å². The summed E-state index contributed by atoms with van der Waals surface area (Å²) in [6.07, 6.45) is 0. The molecule has 0 saturated heterocycles. The number of benzene rings is 1. The van der Waals surface area contributed by atoms with Gasteiger partial charge < -0.3 is 14.3 Å². The third-order valence-electron chi connectivity index (χ3n) is 2.58. The lowest BCUT2D eigenvalue weighted by molar-refractivity contribution is 0.00365. The van der Waals surface area contributed by atoms with Crippen LogP contribution in [-0.2, 0) is 4.84 Å². The molecule has 1 rings (SSSR count). The number of hydroxylamine groups is 1. The molecule has 1 atom stereocenters. The fourth-order valence-electron chi connectivity index (χ4n) is 1.58. The first-order valence-electron chi connectivity index (χ1n) is 6.17. The zero-order valence-corrected chi connectivity index (χ0v) is 11.8. The van der Waals surface area contributed by atoms with Crippen molar-refractivity contribution in [3.05, 3.63) is 23.8 Å². The summed E-state index contributed by atoms with van der Waals surface area (Å²) in [5, 5.41) is 0. The molecule has 0 fully saturated rings. The zero-order chi connectivity index (χ0) is 13.5. The van der Waals surface area contributed by atoms with Crippen LogP contribution in [0, 0.1) is 5.92 Å². The Morgan fingerprint density at radius 3 is 2.39 bits per heavy atom. The second-order valence-electron chi connectivity index (χ2n) is 4.65. The summed E-state index contributed by atoms with van der Waals surface area (Å²) >= 11 is 0. The minimum Gasteiger partial charge on any atom is -0.497 e. The van der Waals surface area contributed by atoms with Gasteiger partial charge in [-0.05, 0) is 31.0 Å². The van der Waals surface area contributed by atoms with E-state index in [9.17, 15) is 0 Å². The van der Waals surface area contributed by atoms with Crippen molar-refractivity contribution in [2.45, 2.75) is 26.8 Å². The number of rotatable bonds is 7. The number of hydrogen-bond donors (Lipinski definition) is 1. The summed E-state index contributed by atoms with van der Waals surface area (Å²) in [4.78, 5) is 5.44. The van der Waals surface area contributed by atoms with Gasteiger partial charge >= 0.3 is 0 Å². The van der Waals surface area contributed by atoms with Crippen LogP contribution in [0.3, 0.4) is 0 Å². The molecule has 0 spiro atoms. The SMILES string of the molecule is COc1ccc(OC)c(C(C)NOCC(C)C)c1. The number of nitrogens with one attached hydrogen (secondary N) is 1. The largest absolute Gasteiger partial charge is 0.497 e. The van der Waals surface area contributed by atoms with Gasteiger partial charge in [0, 0.05) is 5.56 Å². The summed E-state index contributed by atoms with van der Waals surface area (Å²) in [7, 11) is 3.31. The van der Waals surface area contributed by atoms with Crippen LogP contribution in [0.25, 0.3) is 0 Å². The average Bonchev–Trinajstić information content (AvgIpc) is 2.37. The first-order valence-corrected chi connectivity index (χ1v) is 6.17. The van der Waals surface area contributed by atoms with E-state index in [1.807, 2.05) is 25.1 Å². The van der Waals surface area contributed by atoms with E-state index < -0.39 is 0 Å². The Morgan fingerprint density at radius 2 is 1.83 bits per heavy atom. The van der Waals surface area contributed by atoms with Gasteiger partial charge in [0.1, 0.15) is 11.5 Å². The molecule has 18 heavy (non-hydrogen) atoms. The molecule has 0 heterocycles. The van der Waals surface area contributed by atoms with Gasteiger partial charge in [-0.1, -0.05) is 13.8 Å². The maximum Gasteiger partial charge on any atom is 0.123 e. The lowest BCUT2D eigenvalue weighted by atomic mass is 10.1. The van der Waals surface area contributed by atoms with Crippen molar-refractivity contribution in [3.8, 4) is 11.5 Å². The van der Waals surface area contributed by atoms with Crippen molar-refractivity contribution in [2.24, 2.45) is 5.92 Å². The number of methoxy groups -OCH3 is 2. The minimum atomic E-state index is 0.0359. The fraction of sp³-hybridized carbons (Fsp3) is 0.571. The minimum absolute atomic E-state index is 0.0359. The van der Waals surface area contributed by atoms with E-state index in [2.05, 4.69) is 19.3 Å². The van der Waals surface area contributed by atoms with E-state index in [0.717, 1.165) is 17.1 Å². The van der Waals surface area contributed by atoms with Crippen molar-refractivity contribution >= 4 is 0 Å². The Morgan fingerprint density at radius 1 is 1.11 bits per heavy atom. The fourth-order valence-corrected chi connectivity index (χ4v) is 1.58. The van der Waals surface area contributed by atoms with E-state index in [1.54, 1.807) is 14.2 Å². The summed E-state index contributed by atoms with van der Waals surface area (Å²) in [5.74, 6) is 2.13. The second-order valence-corrected chi connectivity index (χ2v) is 4.65. The molecular weight excluding hydrogens is 230 g/mol. The Bertz CT molecular complexity index is 366. The predicted octanol–water partition coefficient (Wildman–Crippen LogP) is 2.94. The maximum absolute atomic E-state index is 5.44. The standard InChI is InChI=1S/C14H23NO3/c1-10(2)9-18-15-11(3)13-8-12(16-4)6-7-14(13)17-5/h6-8,10-11,15H,9H2,1-5H3. The Kier molecular flexibility index (Phi) is 5.95. The number of hydrogen-bond acceptors (Lipinski definition) is 4. The molecule has 1 aromatic rings. The van der Waals surface area contributed by atoms with Crippen molar-refractivity contribution in [3.63, 3.8) is 0 Å². The molecule has 0 aliphatic rings. The highest BCUT2D eigenvalue weighted by Gasteiger charge is 2.12. The van der Waals surface area contributed by atoms with E-state index in [1.165, 1.54) is 0 Å². The van der Waals surface area contributed by atoms with E-state index in [-0.39, 0.29) is 6.04 Å². The van der Waals surface area contributed by atoms with Gasteiger partial charge in [-0.2, -0.15) is 5.48 Å².